The predicted molar refractivity (Wildman–Crippen MR) is 78.7 cm³/mol. The number of phenols is 1. The number of aryl methyl sites for hydroxylation is 1. The van der Waals surface area contributed by atoms with E-state index in [1.807, 2.05) is 6.07 Å². The van der Waals surface area contributed by atoms with Gasteiger partial charge in [-0.05, 0) is 86.7 Å². The zero-order valence-electron chi connectivity index (χ0n) is 11.8. The first-order valence-electron chi connectivity index (χ1n) is 7.88. The summed E-state index contributed by atoms with van der Waals surface area (Å²) >= 11 is 0. The molecule has 1 aromatic carbocycles. The first-order chi connectivity index (χ1) is 9.34. The molecule has 0 unspecified atom stereocenters. The maximum atomic E-state index is 10.3. The van der Waals surface area contributed by atoms with Crippen LogP contribution in [-0.2, 0) is 19.3 Å². The number of piperidine rings is 1. The zero-order valence-corrected chi connectivity index (χ0v) is 11.8. The topological polar surface area (TPSA) is 32.3 Å². The number of benzene rings is 1. The highest BCUT2D eigenvalue weighted by molar-refractivity contribution is 5.45. The number of fused-ring (bicyclic) bond motifs is 1. The summed E-state index contributed by atoms with van der Waals surface area (Å²) in [5.74, 6) is 1.29. The monoisotopic (exact) mass is 259 g/mol. The van der Waals surface area contributed by atoms with Crippen molar-refractivity contribution in [1.29, 1.82) is 0 Å². The molecule has 0 radical (unpaired) electrons. The minimum Gasteiger partial charge on any atom is -0.508 e. The molecule has 19 heavy (non-hydrogen) atoms. The van der Waals surface area contributed by atoms with Gasteiger partial charge in [0.05, 0.1) is 0 Å². The molecule has 104 valence electrons. The Labute approximate surface area is 116 Å². The van der Waals surface area contributed by atoms with Crippen molar-refractivity contribution in [2.45, 2.75) is 51.4 Å². The molecule has 0 aromatic heterocycles. The number of hydrogen-bond donors (Lipinski definition) is 2. The van der Waals surface area contributed by atoms with E-state index < -0.39 is 0 Å². The van der Waals surface area contributed by atoms with E-state index in [0.717, 1.165) is 25.4 Å². The summed E-state index contributed by atoms with van der Waals surface area (Å²) in [6.45, 7) is 2.28. The third kappa shape index (κ3) is 2.94. The van der Waals surface area contributed by atoms with Crippen molar-refractivity contribution in [2.75, 3.05) is 13.1 Å². The quantitative estimate of drug-likeness (QED) is 0.799. The van der Waals surface area contributed by atoms with Crippen molar-refractivity contribution >= 4 is 0 Å². The van der Waals surface area contributed by atoms with Crippen molar-refractivity contribution in [2.24, 2.45) is 5.92 Å². The second-order valence-electron chi connectivity index (χ2n) is 6.16. The SMILES string of the molecule is Oc1ccc2c(c1CC1CCNCC1)CCCCC2. The standard InChI is InChI=1S/C17H25NO/c19-17-7-6-14-4-2-1-3-5-15(14)16(17)12-13-8-10-18-11-9-13/h6-7,13,18-19H,1-5,8-12H2. The van der Waals surface area contributed by atoms with Crippen molar-refractivity contribution in [3.05, 3.63) is 28.8 Å². The Morgan fingerprint density at radius 3 is 2.68 bits per heavy atom. The second-order valence-corrected chi connectivity index (χ2v) is 6.16. The van der Waals surface area contributed by atoms with Crippen LogP contribution in [0.5, 0.6) is 5.75 Å². The van der Waals surface area contributed by atoms with Crippen LogP contribution in [0.3, 0.4) is 0 Å². The van der Waals surface area contributed by atoms with Crippen LogP contribution in [0.2, 0.25) is 0 Å². The summed E-state index contributed by atoms with van der Waals surface area (Å²) in [6.07, 6.45) is 9.89. The summed E-state index contributed by atoms with van der Waals surface area (Å²) in [4.78, 5) is 0. The Morgan fingerprint density at radius 1 is 1.05 bits per heavy atom. The molecule has 2 aliphatic rings. The number of rotatable bonds is 2. The molecule has 3 rings (SSSR count). The molecule has 2 heteroatoms. The average Bonchev–Trinajstić information content (AvgIpc) is 2.69. The van der Waals surface area contributed by atoms with E-state index in [0.29, 0.717) is 5.75 Å². The van der Waals surface area contributed by atoms with Gasteiger partial charge < -0.3 is 10.4 Å². The highest BCUT2D eigenvalue weighted by Gasteiger charge is 2.20. The fraction of sp³-hybridized carbons (Fsp3) is 0.647. The van der Waals surface area contributed by atoms with Crippen LogP contribution in [0.4, 0.5) is 0 Å². The van der Waals surface area contributed by atoms with Crippen LogP contribution < -0.4 is 5.32 Å². The maximum Gasteiger partial charge on any atom is 0.119 e. The largest absolute Gasteiger partial charge is 0.508 e. The van der Waals surface area contributed by atoms with E-state index in [4.69, 9.17) is 0 Å². The molecule has 1 saturated heterocycles. The van der Waals surface area contributed by atoms with E-state index in [9.17, 15) is 5.11 Å². The van der Waals surface area contributed by atoms with Gasteiger partial charge in [-0.1, -0.05) is 12.5 Å². The molecule has 0 atom stereocenters. The summed E-state index contributed by atoms with van der Waals surface area (Å²) in [6, 6.07) is 4.09. The average molecular weight is 259 g/mol. The van der Waals surface area contributed by atoms with Gasteiger partial charge >= 0.3 is 0 Å². The summed E-state index contributed by atoms with van der Waals surface area (Å²) in [5, 5.41) is 13.7. The molecular formula is C17H25NO. The van der Waals surface area contributed by atoms with Crippen molar-refractivity contribution in [3.63, 3.8) is 0 Å². The van der Waals surface area contributed by atoms with Crippen LogP contribution in [0.1, 0.15) is 48.8 Å². The van der Waals surface area contributed by atoms with Crippen LogP contribution >= 0.6 is 0 Å². The normalized spacial score (nSPS) is 20.8. The van der Waals surface area contributed by atoms with Gasteiger partial charge in [0.25, 0.3) is 0 Å². The Bertz CT molecular complexity index is 435. The second kappa shape index (κ2) is 5.96. The van der Waals surface area contributed by atoms with Gasteiger partial charge in [-0.25, -0.2) is 0 Å². The molecule has 0 saturated carbocycles. The summed E-state index contributed by atoms with van der Waals surface area (Å²) in [7, 11) is 0. The van der Waals surface area contributed by atoms with Crippen molar-refractivity contribution in [1.82, 2.24) is 5.32 Å². The molecule has 2 nitrogen and oxygen atoms in total. The minimum atomic E-state index is 0.541. The smallest absolute Gasteiger partial charge is 0.119 e. The Morgan fingerprint density at radius 2 is 1.84 bits per heavy atom. The Kier molecular flexibility index (Phi) is 4.07. The fourth-order valence-corrected chi connectivity index (χ4v) is 3.67. The molecule has 1 heterocycles. The lowest BCUT2D eigenvalue weighted by Gasteiger charge is -2.24. The highest BCUT2D eigenvalue weighted by Crippen LogP contribution is 2.33. The molecule has 1 aliphatic heterocycles. The van der Waals surface area contributed by atoms with Gasteiger partial charge in [0, 0.05) is 0 Å². The van der Waals surface area contributed by atoms with Crippen LogP contribution in [0, 0.1) is 5.92 Å². The summed E-state index contributed by atoms with van der Waals surface area (Å²) < 4.78 is 0. The highest BCUT2D eigenvalue weighted by atomic mass is 16.3. The van der Waals surface area contributed by atoms with E-state index in [-0.39, 0.29) is 0 Å². The molecule has 1 aromatic rings. The van der Waals surface area contributed by atoms with Gasteiger partial charge in [-0.3, -0.25) is 0 Å². The Balaban J connectivity index is 1.86. The third-order valence-electron chi connectivity index (χ3n) is 4.83. The molecule has 1 fully saturated rings. The molecule has 0 bridgehead atoms. The first kappa shape index (κ1) is 13.0. The van der Waals surface area contributed by atoms with Crippen molar-refractivity contribution in [3.8, 4) is 5.75 Å². The maximum absolute atomic E-state index is 10.3. The molecule has 0 amide bonds. The van der Waals surface area contributed by atoms with E-state index >= 15 is 0 Å². The lowest BCUT2D eigenvalue weighted by Crippen LogP contribution is -2.28. The minimum absolute atomic E-state index is 0.541. The summed E-state index contributed by atoms with van der Waals surface area (Å²) in [5.41, 5.74) is 4.25. The van der Waals surface area contributed by atoms with E-state index in [2.05, 4.69) is 11.4 Å². The lowest BCUT2D eigenvalue weighted by molar-refractivity contribution is 0.365. The predicted octanol–water partition coefficient (Wildman–Crippen LogP) is 3.20. The van der Waals surface area contributed by atoms with Gasteiger partial charge in [-0.2, -0.15) is 0 Å². The van der Waals surface area contributed by atoms with Gasteiger partial charge in [-0.15, -0.1) is 0 Å². The van der Waals surface area contributed by atoms with Crippen LogP contribution in [0.25, 0.3) is 0 Å². The van der Waals surface area contributed by atoms with E-state index in [1.54, 1.807) is 0 Å². The lowest BCUT2D eigenvalue weighted by atomic mass is 9.86. The van der Waals surface area contributed by atoms with E-state index in [1.165, 1.54) is 61.6 Å². The molecule has 1 aliphatic carbocycles. The molecular weight excluding hydrogens is 234 g/mol. The van der Waals surface area contributed by atoms with Gasteiger partial charge in [0.2, 0.25) is 0 Å². The van der Waals surface area contributed by atoms with Gasteiger partial charge in [0.1, 0.15) is 5.75 Å². The zero-order chi connectivity index (χ0) is 13.1. The van der Waals surface area contributed by atoms with Gasteiger partial charge in [0.15, 0.2) is 0 Å². The Hall–Kier alpha value is -1.02. The number of phenolic OH excluding ortho intramolecular Hbond substituents is 1. The molecule has 0 spiro atoms. The third-order valence-corrected chi connectivity index (χ3v) is 4.83. The number of aromatic hydroxyl groups is 1. The van der Waals surface area contributed by atoms with Crippen molar-refractivity contribution < 1.29 is 5.11 Å². The number of hydrogen-bond acceptors (Lipinski definition) is 2. The van der Waals surface area contributed by atoms with Crippen LogP contribution in [0.15, 0.2) is 12.1 Å². The first-order valence-corrected chi connectivity index (χ1v) is 7.88. The number of nitrogens with one attached hydrogen (secondary N) is 1. The molecule has 2 N–H and O–H groups in total. The van der Waals surface area contributed by atoms with Crippen LogP contribution in [-0.4, -0.2) is 18.2 Å². The fourth-order valence-electron chi connectivity index (χ4n) is 3.67.